The van der Waals surface area contributed by atoms with Crippen molar-refractivity contribution < 1.29 is 9.18 Å². The van der Waals surface area contributed by atoms with Gasteiger partial charge < -0.3 is 11.1 Å². The fourth-order valence-electron chi connectivity index (χ4n) is 2.61. The van der Waals surface area contributed by atoms with E-state index in [2.05, 4.69) is 21.2 Å². The van der Waals surface area contributed by atoms with Crippen molar-refractivity contribution in [1.82, 2.24) is 5.32 Å². The quantitative estimate of drug-likeness (QED) is 0.896. The van der Waals surface area contributed by atoms with Crippen LogP contribution in [0, 0.1) is 11.7 Å². The molecule has 0 saturated heterocycles. The van der Waals surface area contributed by atoms with Gasteiger partial charge in [0, 0.05) is 6.04 Å². The molecule has 1 aliphatic rings. The third-order valence-electron chi connectivity index (χ3n) is 3.72. The van der Waals surface area contributed by atoms with Gasteiger partial charge >= 0.3 is 0 Å². The molecule has 5 heteroatoms. The first-order chi connectivity index (χ1) is 9.13. The standard InChI is InChI=1S/C14H18BrFN2O/c15-11-6-3-5-10(13(11)16)14(19)18-12-7-2-1-4-9(12)8-17/h3,5-6,9,12H,1-2,4,7-8,17H2,(H,18,19). The molecule has 0 bridgehead atoms. The topological polar surface area (TPSA) is 55.1 Å². The summed E-state index contributed by atoms with van der Waals surface area (Å²) in [6.45, 7) is 0.561. The zero-order valence-corrected chi connectivity index (χ0v) is 12.2. The fraction of sp³-hybridized carbons (Fsp3) is 0.500. The Kier molecular flexibility index (Phi) is 4.93. The number of carbonyl (C=O) groups excluding carboxylic acids is 1. The van der Waals surface area contributed by atoms with Gasteiger partial charge in [-0.2, -0.15) is 0 Å². The predicted molar refractivity (Wildman–Crippen MR) is 76.4 cm³/mol. The van der Waals surface area contributed by atoms with Gasteiger partial charge in [0.2, 0.25) is 0 Å². The van der Waals surface area contributed by atoms with E-state index in [1.165, 1.54) is 6.07 Å². The molecular weight excluding hydrogens is 311 g/mol. The Morgan fingerprint density at radius 1 is 1.42 bits per heavy atom. The van der Waals surface area contributed by atoms with E-state index < -0.39 is 5.82 Å². The largest absolute Gasteiger partial charge is 0.349 e. The summed E-state index contributed by atoms with van der Waals surface area (Å²) in [7, 11) is 0. The zero-order valence-electron chi connectivity index (χ0n) is 10.7. The minimum atomic E-state index is -0.514. The molecule has 0 radical (unpaired) electrons. The number of rotatable bonds is 3. The van der Waals surface area contributed by atoms with Crippen molar-refractivity contribution in [2.75, 3.05) is 6.54 Å². The predicted octanol–water partition coefficient (Wildman–Crippen LogP) is 2.84. The molecule has 0 aromatic heterocycles. The van der Waals surface area contributed by atoms with E-state index in [0.29, 0.717) is 16.9 Å². The van der Waals surface area contributed by atoms with Gasteiger partial charge in [-0.3, -0.25) is 4.79 Å². The van der Waals surface area contributed by atoms with Crippen LogP contribution >= 0.6 is 15.9 Å². The first-order valence-electron chi connectivity index (χ1n) is 6.58. The van der Waals surface area contributed by atoms with Gasteiger partial charge in [-0.1, -0.05) is 18.9 Å². The van der Waals surface area contributed by atoms with Crippen molar-refractivity contribution in [2.45, 2.75) is 31.7 Å². The average molecular weight is 329 g/mol. The highest BCUT2D eigenvalue weighted by Gasteiger charge is 2.26. The molecule has 1 fully saturated rings. The maximum Gasteiger partial charge on any atom is 0.254 e. The molecule has 104 valence electrons. The Hall–Kier alpha value is -0.940. The van der Waals surface area contributed by atoms with Crippen LogP contribution in [0.25, 0.3) is 0 Å². The third-order valence-corrected chi connectivity index (χ3v) is 4.34. The van der Waals surface area contributed by atoms with Crippen LogP contribution in [0.5, 0.6) is 0 Å². The molecule has 1 aromatic rings. The highest BCUT2D eigenvalue weighted by atomic mass is 79.9. The summed E-state index contributed by atoms with van der Waals surface area (Å²) < 4.78 is 14.2. The molecule has 19 heavy (non-hydrogen) atoms. The molecule has 1 aliphatic carbocycles. The number of hydrogen-bond donors (Lipinski definition) is 2. The summed E-state index contributed by atoms with van der Waals surface area (Å²) >= 11 is 3.09. The molecule has 0 heterocycles. The molecule has 0 aliphatic heterocycles. The molecule has 3 nitrogen and oxygen atoms in total. The van der Waals surface area contributed by atoms with E-state index in [1.807, 2.05) is 0 Å². The lowest BCUT2D eigenvalue weighted by Crippen LogP contribution is -2.44. The monoisotopic (exact) mass is 328 g/mol. The van der Waals surface area contributed by atoms with Crippen LogP contribution in [0.15, 0.2) is 22.7 Å². The second kappa shape index (κ2) is 6.48. The summed E-state index contributed by atoms with van der Waals surface area (Å²) in [4.78, 5) is 12.1. The number of halogens is 2. The molecule has 1 saturated carbocycles. The van der Waals surface area contributed by atoms with Crippen molar-refractivity contribution in [3.8, 4) is 0 Å². The molecule has 2 rings (SSSR count). The Balaban J connectivity index is 2.09. The molecule has 1 aromatic carbocycles. The molecule has 2 atom stereocenters. The molecular formula is C14H18BrFN2O. The summed E-state index contributed by atoms with van der Waals surface area (Å²) in [5, 5.41) is 2.92. The zero-order chi connectivity index (χ0) is 13.8. The van der Waals surface area contributed by atoms with Gasteiger partial charge in [-0.25, -0.2) is 4.39 Å². The third kappa shape index (κ3) is 3.34. The summed E-state index contributed by atoms with van der Waals surface area (Å²) in [5.41, 5.74) is 5.81. The maximum absolute atomic E-state index is 13.9. The van der Waals surface area contributed by atoms with Crippen molar-refractivity contribution in [3.05, 3.63) is 34.1 Å². The van der Waals surface area contributed by atoms with Gasteiger partial charge in [-0.15, -0.1) is 0 Å². The van der Waals surface area contributed by atoms with E-state index in [9.17, 15) is 9.18 Å². The minimum Gasteiger partial charge on any atom is -0.349 e. The number of amides is 1. The lowest BCUT2D eigenvalue weighted by Gasteiger charge is -2.31. The number of carbonyl (C=O) groups is 1. The van der Waals surface area contributed by atoms with Crippen LogP contribution in [0.2, 0.25) is 0 Å². The first-order valence-corrected chi connectivity index (χ1v) is 7.37. The van der Waals surface area contributed by atoms with Crippen molar-refractivity contribution in [3.63, 3.8) is 0 Å². The molecule has 0 spiro atoms. The Labute approximate surface area is 120 Å². The van der Waals surface area contributed by atoms with Gasteiger partial charge in [0.05, 0.1) is 10.0 Å². The van der Waals surface area contributed by atoms with Crippen LogP contribution in [-0.2, 0) is 0 Å². The van der Waals surface area contributed by atoms with E-state index in [-0.39, 0.29) is 17.5 Å². The summed E-state index contributed by atoms with van der Waals surface area (Å²) in [5.74, 6) is -0.572. The van der Waals surface area contributed by atoms with Crippen LogP contribution in [0.1, 0.15) is 36.0 Å². The number of nitrogens with two attached hydrogens (primary N) is 1. The van der Waals surface area contributed by atoms with Gasteiger partial charge in [0.15, 0.2) is 0 Å². The van der Waals surface area contributed by atoms with Gasteiger partial charge in [-0.05, 0) is 53.4 Å². The van der Waals surface area contributed by atoms with Crippen LogP contribution in [-0.4, -0.2) is 18.5 Å². The highest BCUT2D eigenvalue weighted by Crippen LogP contribution is 2.24. The number of hydrogen-bond acceptors (Lipinski definition) is 2. The first kappa shape index (κ1) is 14.5. The Morgan fingerprint density at radius 2 is 2.16 bits per heavy atom. The Morgan fingerprint density at radius 3 is 2.89 bits per heavy atom. The number of nitrogens with one attached hydrogen (secondary N) is 1. The minimum absolute atomic E-state index is 0.0598. The SMILES string of the molecule is NCC1CCCCC1NC(=O)c1cccc(Br)c1F. The molecule has 1 amide bonds. The van der Waals surface area contributed by atoms with E-state index in [0.717, 1.165) is 25.7 Å². The highest BCUT2D eigenvalue weighted by molar-refractivity contribution is 9.10. The van der Waals surface area contributed by atoms with E-state index in [4.69, 9.17) is 5.73 Å². The van der Waals surface area contributed by atoms with Crippen molar-refractivity contribution in [2.24, 2.45) is 11.7 Å². The van der Waals surface area contributed by atoms with E-state index in [1.54, 1.807) is 12.1 Å². The lowest BCUT2D eigenvalue weighted by atomic mass is 9.84. The maximum atomic E-state index is 13.9. The molecule has 3 N–H and O–H groups in total. The van der Waals surface area contributed by atoms with Gasteiger partial charge in [0.1, 0.15) is 5.82 Å². The second-order valence-corrected chi connectivity index (χ2v) is 5.82. The Bertz CT molecular complexity index is 467. The smallest absolute Gasteiger partial charge is 0.254 e. The summed E-state index contributed by atoms with van der Waals surface area (Å²) in [6.07, 6.45) is 4.19. The van der Waals surface area contributed by atoms with Crippen molar-refractivity contribution in [1.29, 1.82) is 0 Å². The van der Waals surface area contributed by atoms with E-state index >= 15 is 0 Å². The molecule has 2 unspecified atom stereocenters. The van der Waals surface area contributed by atoms with Crippen LogP contribution in [0.4, 0.5) is 4.39 Å². The van der Waals surface area contributed by atoms with Gasteiger partial charge in [0.25, 0.3) is 5.91 Å². The average Bonchev–Trinajstić information content (AvgIpc) is 2.42. The summed E-state index contributed by atoms with van der Waals surface area (Å²) in [6, 6.07) is 4.79. The van der Waals surface area contributed by atoms with Crippen LogP contribution in [0.3, 0.4) is 0 Å². The van der Waals surface area contributed by atoms with Crippen molar-refractivity contribution >= 4 is 21.8 Å². The normalized spacial score (nSPS) is 23.1. The number of benzene rings is 1. The fourth-order valence-corrected chi connectivity index (χ4v) is 2.97. The van der Waals surface area contributed by atoms with Crippen LogP contribution < -0.4 is 11.1 Å². The second-order valence-electron chi connectivity index (χ2n) is 4.96. The lowest BCUT2D eigenvalue weighted by molar-refractivity contribution is 0.0904.